The number of rotatable bonds is 2. The van der Waals surface area contributed by atoms with E-state index in [-0.39, 0.29) is 5.69 Å². The van der Waals surface area contributed by atoms with Gasteiger partial charge in [-0.2, -0.15) is 0 Å². The normalized spacial score (nSPS) is 10.2. The summed E-state index contributed by atoms with van der Waals surface area (Å²) < 4.78 is 1.55. The zero-order valence-electron chi connectivity index (χ0n) is 7.99. The van der Waals surface area contributed by atoms with Crippen molar-refractivity contribution in [2.45, 2.75) is 6.92 Å². The summed E-state index contributed by atoms with van der Waals surface area (Å²) >= 11 is 0. The largest absolute Gasteiger partial charge is 0.272 e. The molecule has 0 aliphatic carbocycles. The molecule has 76 valence electrons. The Hall–Kier alpha value is -2.24. The quantitative estimate of drug-likeness (QED) is 0.548. The smallest absolute Gasteiger partial charge is 0.258 e. The molecule has 1 heterocycles. The van der Waals surface area contributed by atoms with Crippen LogP contribution < -0.4 is 0 Å². The second-order valence-electron chi connectivity index (χ2n) is 3.08. The highest BCUT2D eigenvalue weighted by atomic mass is 16.6. The van der Waals surface area contributed by atoms with E-state index in [0.29, 0.717) is 5.56 Å². The average Bonchev–Trinajstić information content (AvgIpc) is 2.69. The van der Waals surface area contributed by atoms with Crippen LogP contribution in [0.1, 0.15) is 5.56 Å². The van der Waals surface area contributed by atoms with Crippen LogP contribution in [0.25, 0.3) is 5.69 Å². The molecule has 0 aliphatic heterocycles. The van der Waals surface area contributed by atoms with Crippen LogP contribution in [0.3, 0.4) is 0 Å². The summed E-state index contributed by atoms with van der Waals surface area (Å²) in [7, 11) is 0. The summed E-state index contributed by atoms with van der Waals surface area (Å²) in [5, 5.41) is 18.1. The van der Waals surface area contributed by atoms with Crippen molar-refractivity contribution in [2.75, 3.05) is 0 Å². The first-order valence-corrected chi connectivity index (χ1v) is 4.30. The van der Waals surface area contributed by atoms with Gasteiger partial charge < -0.3 is 0 Å². The predicted molar refractivity (Wildman–Crippen MR) is 52.8 cm³/mol. The van der Waals surface area contributed by atoms with Crippen LogP contribution in [0.4, 0.5) is 5.69 Å². The van der Waals surface area contributed by atoms with Crippen molar-refractivity contribution < 1.29 is 4.92 Å². The monoisotopic (exact) mass is 204 g/mol. The lowest BCUT2D eigenvalue weighted by Crippen LogP contribution is -1.98. The summed E-state index contributed by atoms with van der Waals surface area (Å²) in [6.07, 6.45) is 3.23. The van der Waals surface area contributed by atoms with Crippen molar-refractivity contribution in [3.8, 4) is 5.69 Å². The third kappa shape index (κ3) is 1.69. The molecule has 1 aromatic heterocycles. The van der Waals surface area contributed by atoms with Gasteiger partial charge in [0.25, 0.3) is 5.69 Å². The number of nitro benzene ring substituents is 1. The lowest BCUT2D eigenvalue weighted by Gasteiger charge is -2.01. The van der Waals surface area contributed by atoms with Gasteiger partial charge in [0, 0.05) is 11.6 Å². The van der Waals surface area contributed by atoms with E-state index in [4.69, 9.17) is 0 Å². The standard InChI is InChI=1S/C9H8N4O2/c1-7-6-8(12-5-4-10-11-12)2-3-9(7)13(14)15/h2-6H,1H3. The summed E-state index contributed by atoms with van der Waals surface area (Å²) in [4.78, 5) is 10.2. The molecule has 6 heteroatoms. The molecule has 0 atom stereocenters. The number of aromatic nitrogens is 3. The summed E-state index contributed by atoms with van der Waals surface area (Å²) in [6, 6.07) is 4.80. The van der Waals surface area contributed by atoms with Gasteiger partial charge in [0.2, 0.25) is 0 Å². The van der Waals surface area contributed by atoms with E-state index in [1.54, 1.807) is 36.1 Å². The molecule has 0 bridgehead atoms. The maximum atomic E-state index is 10.6. The highest BCUT2D eigenvalue weighted by Crippen LogP contribution is 2.20. The number of hydrogen-bond donors (Lipinski definition) is 0. The van der Waals surface area contributed by atoms with Gasteiger partial charge in [-0.25, -0.2) is 4.68 Å². The maximum absolute atomic E-state index is 10.6. The molecule has 6 nitrogen and oxygen atoms in total. The molecule has 0 amide bonds. The SMILES string of the molecule is Cc1cc(-n2ccnn2)ccc1[N+](=O)[O-]. The third-order valence-corrected chi connectivity index (χ3v) is 2.06. The molecule has 0 fully saturated rings. The van der Waals surface area contributed by atoms with Crippen LogP contribution >= 0.6 is 0 Å². The second-order valence-corrected chi connectivity index (χ2v) is 3.08. The number of nitrogens with zero attached hydrogens (tertiary/aromatic N) is 4. The molecule has 0 unspecified atom stereocenters. The maximum Gasteiger partial charge on any atom is 0.272 e. The number of benzene rings is 1. The summed E-state index contributed by atoms with van der Waals surface area (Å²) in [5.74, 6) is 0. The fraction of sp³-hybridized carbons (Fsp3) is 0.111. The van der Waals surface area contributed by atoms with E-state index in [0.717, 1.165) is 5.69 Å². The van der Waals surface area contributed by atoms with E-state index >= 15 is 0 Å². The molecule has 2 rings (SSSR count). The predicted octanol–water partition coefficient (Wildman–Crippen LogP) is 1.48. The van der Waals surface area contributed by atoms with Gasteiger partial charge in [-0.05, 0) is 19.1 Å². The lowest BCUT2D eigenvalue weighted by molar-refractivity contribution is -0.385. The Morgan fingerprint density at radius 1 is 1.47 bits per heavy atom. The van der Waals surface area contributed by atoms with Crippen molar-refractivity contribution >= 4 is 5.69 Å². The van der Waals surface area contributed by atoms with Gasteiger partial charge in [-0.1, -0.05) is 5.21 Å². The Morgan fingerprint density at radius 2 is 2.27 bits per heavy atom. The van der Waals surface area contributed by atoms with Crippen molar-refractivity contribution in [3.63, 3.8) is 0 Å². The molecular formula is C9H8N4O2. The van der Waals surface area contributed by atoms with Gasteiger partial charge in [0.05, 0.1) is 23.0 Å². The molecule has 15 heavy (non-hydrogen) atoms. The molecular weight excluding hydrogens is 196 g/mol. The molecule has 0 aliphatic rings. The van der Waals surface area contributed by atoms with Crippen LogP contribution in [0.5, 0.6) is 0 Å². The van der Waals surface area contributed by atoms with Crippen LogP contribution in [0, 0.1) is 17.0 Å². The van der Waals surface area contributed by atoms with Crippen molar-refractivity contribution in [2.24, 2.45) is 0 Å². The van der Waals surface area contributed by atoms with Gasteiger partial charge in [0.15, 0.2) is 0 Å². The fourth-order valence-electron chi connectivity index (χ4n) is 1.33. The Bertz CT molecular complexity index is 493. The molecule has 1 aromatic carbocycles. The summed E-state index contributed by atoms with van der Waals surface area (Å²) in [5.41, 5.74) is 1.47. The van der Waals surface area contributed by atoms with Crippen LogP contribution in [-0.4, -0.2) is 19.9 Å². The van der Waals surface area contributed by atoms with E-state index in [9.17, 15) is 10.1 Å². The molecule has 0 spiro atoms. The van der Waals surface area contributed by atoms with Gasteiger partial charge >= 0.3 is 0 Å². The van der Waals surface area contributed by atoms with Gasteiger partial charge in [0.1, 0.15) is 0 Å². The number of nitro groups is 1. The highest BCUT2D eigenvalue weighted by molar-refractivity contribution is 5.47. The lowest BCUT2D eigenvalue weighted by atomic mass is 10.2. The van der Waals surface area contributed by atoms with Gasteiger partial charge in [-0.15, -0.1) is 5.10 Å². The van der Waals surface area contributed by atoms with E-state index in [1.165, 1.54) is 6.07 Å². The molecule has 2 aromatic rings. The zero-order chi connectivity index (χ0) is 10.8. The van der Waals surface area contributed by atoms with Gasteiger partial charge in [-0.3, -0.25) is 10.1 Å². The molecule has 0 saturated heterocycles. The van der Waals surface area contributed by atoms with E-state index in [1.807, 2.05) is 0 Å². The molecule has 0 N–H and O–H groups in total. The minimum atomic E-state index is -0.402. The average molecular weight is 204 g/mol. The first-order valence-electron chi connectivity index (χ1n) is 4.30. The first-order chi connectivity index (χ1) is 7.18. The third-order valence-electron chi connectivity index (χ3n) is 2.06. The number of hydrogen-bond acceptors (Lipinski definition) is 4. The van der Waals surface area contributed by atoms with Crippen molar-refractivity contribution in [3.05, 3.63) is 46.3 Å². The van der Waals surface area contributed by atoms with Crippen LogP contribution in [0.2, 0.25) is 0 Å². The van der Waals surface area contributed by atoms with Crippen LogP contribution in [-0.2, 0) is 0 Å². The van der Waals surface area contributed by atoms with Crippen molar-refractivity contribution in [1.82, 2.24) is 15.0 Å². The second kappa shape index (κ2) is 3.49. The fourth-order valence-corrected chi connectivity index (χ4v) is 1.33. The van der Waals surface area contributed by atoms with E-state index in [2.05, 4.69) is 10.3 Å². The summed E-state index contributed by atoms with van der Waals surface area (Å²) in [6.45, 7) is 1.69. The first kappa shape index (κ1) is 9.32. The Morgan fingerprint density at radius 3 is 2.80 bits per heavy atom. The Kier molecular flexibility index (Phi) is 2.17. The zero-order valence-corrected chi connectivity index (χ0v) is 7.99. The van der Waals surface area contributed by atoms with E-state index < -0.39 is 4.92 Å². The topological polar surface area (TPSA) is 73.8 Å². The molecule has 0 saturated carbocycles. The Balaban J connectivity index is 2.47. The minimum Gasteiger partial charge on any atom is -0.258 e. The Labute approximate surface area is 85.3 Å². The van der Waals surface area contributed by atoms with Crippen molar-refractivity contribution in [1.29, 1.82) is 0 Å². The van der Waals surface area contributed by atoms with Crippen LogP contribution in [0.15, 0.2) is 30.6 Å². The molecule has 0 radical (unpaired) electrons. The highest BCUT2D eigenvalue weighted by Gasteiger charge is 2.10. The number of aryl methyl sites for hydroxylation is 1. The minimum absolute atomic E-state index is 0.110.